The molecule has 0 amide bonds. The Labute approximate surface area is 111 Å². The van der Waals surface area contributed by atoms with Crippen LogP contribution >= 0.6 is 0 Å². The van der Waals surface area contributed by atoms with Gasteiger partial charge in [0, 0.05) is 32.4 Å². The molecular formula is C14H28N4. The molecule has 0 fully saturated rings. The highest BCUT2D eigenvalue weighted by Gasteiger charge is 2.19. The second-order valence-corrected chi connectivity index (χ2v) is 5.23. The average molecular weight is 252 g/mol. The quantitative estimate of drug-likeness (QED) is 0.767. The number of hydrogen-bond donors (Lipinski definition) is 1. The Morgan fingerprint density at radius 2 is 2.00 bits per heavy atom. The molecule has 1 heterocycles. The topological polar surface area (TPSA) is 33.1 Å². The van der Waals surface area contributed by atoms with Crippen LogP contribution in [-0.4, -0.2) is 41.1 Å². The van der Waals surface area contributed by atoms with E-state index < -0.39 is 0 Å². The number of nitrogens with one attached hydrogen (secondary N) is 1. The smallest absolute Gasteiger partial charge is 0.0945 e. The molecule has 1 aromatic rings. The number of likely N-dealkylation sites (N-methyl/N-ethyl adjacent to an activating group) is 1. The van der Waals surface area contributed by atoms with Crippen LogP contribution in [0.2, 0.25) is 0 Å². The van der Waals surface area contributed by atoms with E-state index in [1.54, 1.807) is 0 Å². The van der Waals surface area contributed by atoms with Gasteiger partial charge in [0.25, 0.3) is 0 Å². The average Bonchev–Trinajstić information content (AvgIpc) is 2.74. The Morgan fingerprint density at radius 1 is 1.33 bits per heavy atom. The van der Waals surface area contributed by atoms with Crippen LogP contribution in [0.1, 0.15) is 32.4 Å². The van der Waals surface area contributed by atoms with Crippen molar-refractivity contribution in [3.05, 3.63) is 18.2 Å². The fourth-order valence-electron chi connectivity index (χ4n) is 2.51. The summed E-state index contributed by atoms with van der Waals surface area (Å²) in [6.07, 6.45) is 6.26. The highest BCUT2D eigenvalue weighted by atomic mass is 15.1. The highest BCUT2D eigenvalue weighted by Crippen LogP contribution is 2.16. The molecule has 0 aromatic carbocycles. The largest absolute Gasteiger partial charge is 0.337 e. The molecule has 0 spiro atoms. The molecule has 1 aromatic heterocycles. The van der Waals surface area contributed by atoms with Crippen LogP contribution in [0.5, 0.6) is 0 Å². The molecule has 0 aliphatic heterocycles. The summed E-state index contributed by atoms with van der Waals surface area (Å²) >= 11 is 0. The minimum Gasteiger partial charge on any atom is -0.337 e. The maximum absolute atomic E-state index is 4.13. The van der Waals surface area contributed by atoms with Crippen LogP contribution in [-0.2, 0) is 13.6 Å². The molecule has 104 valence electrons. The fourth-order valence-corrected chi connectivity index (χ4v) is 2.51. The molecule has 0 saturated heterocycles. The maximum atomic E-state index is 4.13. The Bertz CT molecular complexity index is 328. The van der Waals surface area contributed by atoms with Crippen molar-refractivity contribution in [1.29, 1.82) is 0 Å². The van der Waals surface area contributed by atoms with Crippen molar-refractivity contribution in [3.8, 4) is 0 Å². The van der Waals surface area contributed by atoms with Gasteiger partial charge in [-0.2, -0.15) is 0 Å². The van der Waals surface area contributed by atoms with E-state index in [9.17, 15) is 0 Å². The molecule has 0 aliphatic rings. The molecule has 18 heavy (non-hydrogen) atoms. The third kappa shape index (κ3) is 4.10. The molecule has 0 radical (unpaired) electrons. The number of aromatic nitrogens is 2. The molecule has 0 bridgehead atoms. The monoisotopic (exact) mass is 252 g/mol. The SMILES string of the molecule is CCC(CC)C(CNCc1cncn1C)N(C)C. The zero-order valence-electron chi connectivity index (χ0n) is 12.5. The Morgan fingerprint density at radius 3 is 2.44 bits per heavy atom. The van der Waals surface area contributed by atoms with Crippen molar-refractivity contribution >= 4 is 0 Å². The molecule has 1 atom stereocenters. The van der Waals surface area contributed by atoms with Gasteiger partial charge in [0.05, 0.1) is 12.0 Å². The number of imidazole rings is 1. The summed E-state index contributed by atoms with van der Waals surface area (Å²) < 4.78 is 2.06. The van der Waals surface area contributed by atoms with E-state index in [4.69, 9.17) is 0 Å². The van der Waals surface area contributed by atoms with Crippen molar-refractivity contribution in [2.24, 2.45) is 13.0 Å². The third-order valence-corrected chi connectivity index (χ3v) is 3.83. The van der Waals surface area contributed by atoms with E-state index in [0.717, 1.165) is 19.0 Å². The molecule has 4 nitrogen and oxygen atoms in total. The lowest BCUT2D eigenvalue weighted by atomic mass is 9.93. The Kier molecular flexibility index (Phi) is 6.36. The predicted molar refractivity (Wildman–Crippen MR) is 76.5 cm³/mol. The number of nitrogens with zero attached hydrogens (tertiary/aromatic N) is 3. The van der Waals surface area contributed by atoms with Gasteiger partial charge in [-0.1, -0.05) is 26.7 Å². The van der Waals surface area contributed by atoms with Gasteiger partial charge in [-0.15, -0.1) is 0 Å². The van der Waals surface area contributed by atoms with Crippen LogP contribution in [0.25, 0.3) is 0 Å². The summed E-state index contributed by atoms with van der Waals surface area (Å²) in [4.78, 5) is 6.48. The van der Waals surface area contributed by atoms with Crippen LogP contribution < -0.4 is 5.32 Å². The number of aryl methyl sites for hydroxylation is 1. The minimum atomic E-state index is 0.605. The Balaban J connectivity index is 2.45. The molecule has 0 aliphatic carbocycles. The van der Waals surface area contributed by atoms with Crippen molar-refractivity contribution in [3.63, 3.8) is 0 Å². The first kappa shape index (κ1) is 15.2. The first-order chi connectivity index (χ1) is 8.60. The molecule has 1 rings (SSSR count). The van der Waals surface area contributed by atoms with Gasteiger partial charge >= 0.3 is 0 Å². The van der Waals surface area contributed by atoms with Gasteiger partial charge in [0.15, 0.2) is 0 Å². The van der Waals surface area contributed by atoms with Crippen LogP contribution in [0, 0.1) is 5.92 Å². The van der Waals surface area contributed by atoms with Crippen molar-refractivity contribution in [2.75, 3.05) is 20.6 Å². The van der Waals surface area contributed by atoms with Gasteiger partial charge in [0.2, 0.25) is 0 Å². The van der Waals surface area contributed by atoms with Crippen molar-refractivity contribution < 1.29 is 0 Å². The third-order valence-electron chi connectivity index (χ3n) is 3.83. The molecule has 0 saturated carbocycles. The van der Waals surface area contributed by atoms with E-state index in [1.807, 2.05) is 19.6 Å². The maximum Gasteiger partial charge on any atom is 0.0945 e. The zero-order valence-corrected chi connectivity index (χ0v) is 12.5. The van der Waals surface area contributed by atoms with Gasteiger partial charge in [-0.05, 0) is 20.0 Å². The summed E-state index contributed by atoms with van der Waals surface area (Å²) in [5, 5.41) is 3.56. The lowest BCUT2D eigenvalue weighted by molar-refractivity contribution is 0.193. The van der Waals surface area contributed by atoms with E-state index in [2.05, 4.69) is 47.7 Å². The van der Waals surface area contributed by atoms with Gasteiger partial charge in [-0.25, -0.2) is 4.98 Å². The van der Waals surface area contributed by atoms with E-state index in [0.29, 0.717) is 6.04 Å². The second-order valence-electron chi connectivity index (χ2n) is 5.23. The highest BCUT2D eigenvalue weighted by molar-refractivity contribution is 4.96. The first-order valence-corrected chi connectivity index (χ1v) is 6.92. The lowest BCUT2D eigenvalue weighted by Crippen LogP contribution is -2.43. The van der Waals surface area contributed by atoms with Crippen molar-refractivity contribution in [1.82, 2.24) is 19.8 Å². The second kappa shape index (κ2) is 7.54. The summed E-state index contributed by atoms with van der Waals surface area (Å²) in [6, 6.07) is 0.605. The van der Waals surface area contributed by atoms with Crippen LogP contribution in [0.15, 0.2) is 12.5 Å². The van der Waals surface area contributed by atoms with E-state index in [1.165, 1.54) is 18.5 Å². The number of rotatable bonds is 8. The predicted octanol–water partition coefficient (Wildman–Crippen LogP) is 1.88. The molecule has 1 unspecified atom stereocenters. The van der Waals surface area contributed by atoms with Crippen LogP contribution in [0.3, 0.4) is 0 Å². The standard InChI is InChI=1S/C14H28N4/c1-6-12(7-2)14(17(3)4)10-15-8-13-9-16-11-18(13)5/h9,11-12,14-15H,6-8,10H2,1-5H3. The Hall–Kier alpha value is -0.870. The lowest BCUT2D eigenvalue weighted by Gasteiger charge is -2.31. The molecule has 4 heteroatoms. The van der Waals surface area contributed by atoms with E-state index >= 15 is 0 Å². The molecule has 1 N–H and O–H groups in total. The van der Waals surface area contributed by atoms with Gasteiger partial charge in [-0.3, -0.25) is 0 Å². The first-order valence-electron chi connectivity index (χ1n) is 6.92. The summed E-state index contributed by atoms with van der Waals surface area (Å²) in [7, 11) is 6.39. The minimum absolute atomic E-state index is 0.605. The van der Waals surface area contributed by atoms with Crippen molar-refractivity contribution in [2.45, 2.75) is 39.3 Å². The molecular weight excluding hydrogens is 224 g/mol. The van der Waals surface area contributed by atoms with E-state index in [-0.39, 0.29) is 0 Å². The zero-order chi connectivity index (χ0) is 13.5. The summed E-state index contributed by atoms with van der Waals surface area (Å²) in [6.45, 7) is 6.49. The summed E-state index contributed by atoms with van der Waals surface area (Å²) in [5.74, 6) is 0.763. The normalized spacial score (nSPS) is 13.5. The van der Waals surface area contributed by atoms with Crippen LogP contribution in [0.4, 0.5) is 0 Å². The number of hydrogen-bond acceptors (Lipinski definition) is 3. The summed E-state index contributed by atoms with van der Waals surface area (Å²) in [5.41, 5.74) is 1.23. The van der Waals surface area contributed by atoms with Gasteiger partial charge in [0.1, 0.15) is 0 Å². The van der Waals surface area contributed by atoms with Gasteiger partial charge < -0.3 is 14.8 Å². The fraction of sp³-hybridized carbons (Fsp3) is 0.786.